The van der Waals surface area contributed by atoms with E-state index >= 15 is 0 Å². The molecule has 0 radical (unpaired) electrons. The molecule has 1 aromatic carbocycles. The summed E-state index contributed by atoms with van der Waals surface area (Å²) in [6, 6.07) is 7.86. The zero-order valence-corrected chi connectivity index (χ0v) is 12.7. The molecule has 1 aliphatic heterocycles. The van der Waals surface area contributed by atoms with E-state index in [9.17, 15) is 14.7 Å². The standard InChI is InChI=1S/C17H23NO3/c1-12-6-3-4-7-14(12)9-10-16(19)18-11-5-8-15(13(18)2)17(20)21/h3-4,6-7,13,15H,5,8-11H2,1-2H3,(H,20,21)/t13-,15-/m1/s1. The number of rotatable bonds is 4. The largest absolute Gasteiger partial charge is 0.481 e. The number of carbonyl (C=O) groups is 2. The van der Waals surface area contributed by atoms with Gasteiger partial charge in [-0.05, 0) is 44.2 Å². The van der Waals surface area contributed by atoms with Gasteiger partial charge in [-0.1, -0.05) is 24.3 Å². The maximum atomic E-state index is 12.4. The maximum Gasteiger partial charge on any atom is 0.308 e. The number of amides is 1. The van der Waals surface area contributed by atoms with Gasteiger partial charge in [-0.3, -0.25) is 9.59 Å². The number of likely N-dealkylation sites (tertiary alicyclic amines) is 1. The number of benzene rings is 1. The van der Waals surface area contributed by atoms with E-state index in [4.69, 9.17) is 0 Å². The lowest BCUT2D eigenvalue weighted by atomic mass is 9.90. The molecule has 2 rings (SSSR count). The molecule has 1 fully saturated rings. The van der Waals surface area contributed by atoms with Gasteiger partial charge in [-0.15, -0.1) is 0 Å². The van der Waals surface area contributed by atoms with Gasteiger partial charge in [0.25, 0.3) is 0 Å². The first-order valence-electron chi connectivity index (χ1n) is 7.57. The Morgan fingerprint density at radius 2 is 2.05 bits per heavy atom. The van der Waals surface area contributed by atoms with Crippen molar-refractivity contribution in [3.8, 4) is 0 Å². The van der Waals surface area contributed by atoms with Crippen molar-refractivity contribution in [3.63, 3.8) is 0 Å². The van der Waals surface area contributed by atoms with Gasteiger partial charge >= 0.3 is 5.97 Å². The number of carbonyl (C=O) groups excluding carboxylic acids is 1. The Morgan fingerprint density at radius 1 is 1.33 bits per heavy atom. The fraction of sp³-hybridized carbons (Fsp3) is 0.529. The first-order chi connectivity index (χ1) is 10.0. The molecule has 4 nitrogen and oxygen atoms in total. The Kier molecular flexibility index (Phi) is 4.99. The molecule has 0 aliphatic carbocycles. The average Bonchev–Trinajstić information content (AvgIpc) is 2.46. The fourth-order valence-electron chi connectivity index (χ4n) is 3.10. The summed E-state index contributed by atoms with van der Waals surface area (Å²) < 4.78 is 0. The highest BCUT2D eigenvalue weighted by molar-refractivity contribution is 5.79. The third-order valence-electron chi connectivity index (χ3n) is 4.50. The second-order valence-electron chi connectivity index (χ2n) is 5.84. The van der Waals surface area contributed by atoms with Gasteiger partial charge in [0.05, 0.1) is 5.92 Å². The minimum Gasteiger partial charge on any atom is -0.481 e. The Morgan fingerprint density at radius 3 is 2.71 bits per heavy atom. The van der Waals surface area contributed by atoms with E-state index < -0.39 is 11.9 Å². The predicted octanol–water partition coefficient (Wildman–Crippen LogP) is 2.64. The molecule has 21 heavy (non-hydrogen) atoms. The van der Waals surface area contributed by atoms with Crippen molar-refractivity contribution in [3.05, 3.63) is 35.4 Å². The molecule has 0 saturated carbocycles. The quantitative estimate of drug-likeness (QED) is 0.927. The third kappa shape index (κ3) is 3.63. The molecule has 4 heteroatoms. The monoisotopic (exact) mass is 289 g/mol. The Hall–Kier alpha value is -1.84. The molecule has 1 aliphatic rings. The molecule has 0 unspecified atom stereocenters. The van der Waals surface area contributed by atoms with E-state index in [0.29, 0.717) is 25.8 Å². The number of nitrogens with zero attached hydrogens (tertiary/aromatic N) is 1. The summed E-state index contributed by atoms with van der Waals surface area (Å²) in [6.45, 7) is 4.57. The van der Waals surface area contributed by atoms with E-state index in [1.165, 1.54) is 11.1 Å². The molecule has 2 atom stereocenters. The molecule has 1 amide bonds. The lowest BCUT2D eigenvalue weighted by Crippen LogP contribution is -2.49. The number of hydrogen-bond acceptors (Lipinski definition) is 2. The Labute approximate surface area is 125 Å². The number of hydrogen-bond donors (Lipinski definition) is 1. The van der Waals surface area contributed by atoms with Crippen LogP contribution < -0.4 is 0 Å². The zero-order chi connectivity index (χ0) is 15.4. The SMILES string of the molecule is Cc1ccccc1CCC(=O)N1CCC[C@@H](C(=O)O)[C@H]1C. The first-order valence-corrected chi connectivity index (χ1v) is 7.57. The lowest BCUT2D eigenvalue weighted by molar-refractivity contribution is -0.149. The van der Waals surface area contributed by atoms with E-state index in [1.54, 1.807) is 4.90 Å². The first kappa shape index (κ1) is 15.5. The maximum absolute atomic E-state index is 12.4. The van der Waals surface area contributed by atoms with Crippen molar-refractivity contribution >= 4 is 11.9 Å². The molecule has 114 valence electrons. The van der Waals surface area contributed by atoms with Crippen molar-refractivity contribution in [1.82, 2.24) is 4.90 Å². The van der Waals surface area contributed by atoms with Crippen LogP contribution in [0.3, 0.4) is 0 Å². The summed E-state index contributed by atoms with van der Waals surface area (Å²) in [5.41, 5.74) is 2.38. The highest BCUT2D eigenvalue weighted by atomic mass is 16.4. The van der Waals surface area contributed by atoms with Crippen LogP contribution in [-0.2, 0) is 16.0 Å². The lowest BCUT2D eigenvalue weighted by Gasteiger charge is -2.37. The van der Waals surface area contributed by atoms with Crippen molar-refractivity contribution in [2.24, 2.45) is 5.92 Å². The molecule has 0 bridgehead atoms. The van der Waals surface area contributed by atoms with Crippen LogP contribution in [0.1, 0.15) is 37.3 Å². The van der Waals surface area contributed by atoms with Crippen LogP contribution >= 0.6 is 0 Å². The minimum atomic E-state index is -0.793. The predicted molar refractivity (Wildman–Crippen MR) is 81.0 cm³/mol. The minimum absolute atomic E-state index is 0.0664. The van der Waals surface area contributed by atoms with Gasteiger partial charge < -0.3 is 10.0 Å². The Bertz CT molecular complexity index is 527. The molecule has 1 heterocycles. The smallest absolute Gasteiger partial charge is 0.308 e. The zero-order valence-electron chi connectivity index (χ0n) is 12.7. The van der Waals surface area contributed by atoms with Gasteiger partial charge in [0.2, 0.25) is 5.91 Å². The van der Waals surface area contributed by atoms with Gasteiger partial charge in [-0.2, -0.15) is 0 Å². The van der Waals surface area contributed by atoms with Crippen molar-refractivity contribution in [1.29, 1.82) is 0 Å². The summed E-state index contributed by atoms with van der Waals surface area (Å²) in [5, 5.41) is 9.21. The average molecular weight is 289 g/mol. The van der Waals surface area contributed by atoms with Crippen LogP contribution in [0.5, 0.6) is 0 Å². The number of aliphatic carboxylic acids is 1. The molecule has 1 N–H and O–H groups in total. The third-order valence-corrected chi connectivity index (χ3v) is 4.50. The second-order valence-corrected chi connectivity index (χ2v) is 5.84. The summed E-state index contributed by atoms with van der Waals surface area (Å²) in [5.74, 6) is -1.16. The summed E-state index contributed by atoms with van der Waals surface area (Å²) >= 11 is 0. The molecular formula is C17H23NO3. The number of carboxylic acid groups (broad SMARTS) is 1. The highest BCUT2D eigenvalue weighted by Crippen LogP contribution is 2.24. The van der Waals surface area contributed by atoms with Gasteiger partial charge in [0.15, 0.2) is 0 Å². The van der Waals surface area contributed by atoms with Crippen LogP contribution in [0, 0.1) is 12.8 Å². The van der Waals surface area contributed by atoms with Gasteiger partial charge in [-0.25, -0.2) is 0 Å². The van der Waals surface area contributed by atoms with Gasteiger partial charge in [0.1, 0.15) is 0 Å². The number of carboxylic acids is 1. The van der Waals surface area contributed by atoms with Crippen LogP contribution in [-0.4, -0.2) is 34.5 Å². The van der Waals surface area contributed by atoms with Crippen molar-refractivity contribution in [2.45, 2.75) is 45.6 Å². The van der Waals surface area contributed by atoms with Crippen LogP contribution in [0.25, 0.3) is 0 Å². The van der Waals surface area contributed by atoms with E-state index in [0.717, 1.165) is 6.42 Å². The van der Waals surface area contributed by atoms with Crippen LogP contribution in [0.4, 0.5) is 0 Å². The number of piperidine rings is 1. The summed E-state index contributed by atoms with van der Waals surface area (Å²) in [7, 11) is 0. The fourth-order valence-corrected chi connectivity index (χ4v) is 3.10. The molecule has 0 spiro atoms. The molecule has 1 saturated heterocycles. The Balaban J connectivity index is 1.97. The normalized spacial score (nSPS) is 22.1. The van der Waals surface area contributed by atoms with Gasteiger partial charge in [0, 0.05) is 19.0 Å². The molecule has 1 aromatic rings. The topological polar surface area (TPSA) is 57.6 Å². The molecular weight excluding hydrogens is 266 g/mol. The van der Waals surface area contributed by atoms with Crippen LogP contribution in [0.2, 0.25) is 0 Å². The van der Waals surface area contributed by atoms with Crippen LogP contribution in [0.15, 0.2) is 24.3 Å². The summed E-state index contributed by atoms with van der Waals surface area (Å²) in [6.07, 6.45) is 2.60. The second kappa shape index (κ2) is 6.74. The molecule has 0 aromatic heterocycles. The van der Waals surface area contributed by atoms with E-state index in [-0.39, 0.29) is 11.9 Å². The summed E-state index contributed by atoms with van der Waals surface area (Å²) in [4.78, 5) is 25.4. The van der Waals surface area contributed by atoms with Crippen molar-refractivity contribution in [2.75, 3.05) is 6.54 Å². The van der Waals surface area contributed by atoms with E-state index in [1.807, 2.05) is 38.1 Å². The number of aryl methyl sites for hydroxylation is 2. The van der Waals surface area contributed by atoms with Crippen molar-refractivity contribution < 1.29 is 14.7 Å². The van der Waals surface area contributed by atoms with E-state index in [2.05, 4.69) is 0 Å². The highest BCUT2D eigenvalue weighted by Gasteiger charge is 2.34.